The molecule has 0 saturated carbocycles. The summed E-state index contributed by atoms with van der Waals surface area (Å²) in [6.07, 6.45) is 7.39. The first-order valence-electron chi connectivity index (χ1n) is 6.19. The quantitative estimate of drug-likeness (QED) is 0.899. The second-order valence-electron chi connectivity index (χ2n) is 4.57. The minimum atomic E-state index is 0. The first-order valence-corrected chi connectivity index (χ1v) is 6.19. The molecule has 1 unspecified atom stereocenters. The number of rotatable bonds is 4. The fourth-order valence-electron chi connectivity index (χ4n) is 2.13. The number of carbonyl (C=O) groups excluding carboxylic acids is 1. The van der Waals surface area contributed by atoms with E-state index in [2.05, 4.69) is 15.6 Å². The Labute approximate surface area is 126 Å². The minimum Gasteiger partial charge on any atom is -0.326 e. The predicted molar refractivity (Wildman–Crippen MR) is 82.4 cm³/mol. The molecule has 19 heavy (non-hydrogen) atoms. The molecular weight excluding hydrogens is 285 g/mol. The highest BCUT2D eigenvalue weighted by Gasteiger charge is 2.15. The van der Waals surface area contributed by atoms with E-state index in [0.717, 1.165) is 24.2 Å². The summed E-state index contributed by atoms with van der Waals surface area (Å²) >= 11 is 0. The maximum absolute atomic E-state index is 11.8. The average Bonchev–Trinajstić information content (AvgIpc) is 2.82. The van der Waals surface area contributed by atoms with Crippen molar-refractivity contribution in [3.05, 3.63) is 24.0 Å². The lowest BCUT2D eigenvalue weighted by Crippen LogP contribution is -2.23. The number of nitrogens with zero attached hydrogens (tertiary/aromatic N) is 1. The molecule has 1 aromatic heterocycles. The molecule has 1 saturated heterocycles. The molecular formula is C13H21Cl2N3O. The van der Waals surface area contributed by atoms with E-state index >= 15 is 0 Å². The fraction of sp³-hybridized carbons (Fsp3) is 0.538. The molecule has 108 valence electrons. The maximum atomic E-state index is 11.8. The smallest absolute Gasteiger partial charge is 0.224 e. The molecule has 1 amide bonds. The molecule has 0 spiro atoms. The number of pyridine rings is 1. The summed E-state index contributed by atoms with van der Waals surface area (Å²) in [6.45, 7) is 3.04. The number of aryl methyl sites for hydroxylation is 1. The van der Waals surface area contributed by atoms with Crippen LogP contribution >= 0.6 is 24.8 Å². The van der Waals surface area contributed by atoms with Gasteiger partial charge in [-0.15, -0.1) is 24.8 Å². The van der Waals surface area contributed by atoms with Crippen LogP contribution in [0.3, 0.4) is 0 Å². The fourth-order valence-corrected chi connectivity index (χ4v) is 2.13. The van der Waals surface area contributed by atoms with Crippen molar-refractivity contribution in [1.82, 2.24) is 10.3 Å². The third kappa shape index (κ3) is 5.76. The van der Waals surface area contributed by atoms with Crippen LogP contribution in [0.15, 0.2) is 18.5 Å². The Kier molecular flexibility index (Phi) is 8.72. The lowest BCUT2D eigenvalue weighted by atomic mass is 10.1. The van der Waals surface area contributed by atoms with Gasteiger partial charge >= 0.3 is 0 Å². The van der Waals surface area contributed by atoms with Gasteiger partial charge in [0.25, 0.3) is 0 Å². The van der Waals surface area contributed by atoms with Crippen LogP contribution in [0.5, 0.6) is 0 Å². The van der Waals surface area contributed by atoms with Gasteiger partial charge in [0, 0.05) is 30.5 Å². The van der Waals surface area contributed by atoms with Gasteiger partial charge in [0.1, 0.15) is 0 Å². The van der Waals surface area contributed by atoms with Gasteiger partial charge < -0.3 is 10.6 Å². The number of halogens is 2. The number of anilines is 1. The van der Waals surface area contributed by atoms with Crippen LogP contribution in [0.1, 0.15) is 31.2 Å². The van der Waals surface area contributed by atoms with E-state index in [1.54, 1.807) is 12.4 Å². The van der Waals surface area contributed by atoms with Crippen LogP contribution in [0, 0.1) is 6.92 Å². The Morgan fingerprint density at radius 1 is 1.53 bits per heavy atom. The third-order valence-electron chi connectivity index (χ3n) is 3.18. The van der Waals surface area contributed by atoms with Crippen LogP contribution in [-0.2, 0) is 4.79 Å². The minimum absolute atomic E-state index is 0. The predicted octanol–water partition coefficient (Wildman–Crippen LogP) is 2.70. The number of carbonyl (C=O) groups is 1. The second kappa shape index (κ2) is 9.13. The SMILES string of the molecule is Cc1cnccc1NC(=O)CCC1CCCN1.Cl.Cl. The van der Waals surface area contributed by atoms with Crippen molar-refractivity contribution in [3.63, 3.8) is 0 Å². The standard InChI is InChI=1S/C13H19N3O.2ClH/c1-10-9-14-8-6-12(10)16-13(17)5-4-11-3-2-7-15-11;;/h6,8-9,11,15H,2-5,7H2,1H3,(H,14,16,17);2*1H. The van der Waals surface area contributed by atoms with E-state index in [0.29, 0.717) is 12.5 Å². The van der Waals surface area contributed by atoms with Gasteiger partial charge in [-0.1, -0.05) is 0 Å². The summed E-state index contributed by atoms with van der Waals surface area (Å²) in [5.41, 5.74) is 1.87. The van der Waals surface area contributed by atoms with Gasteiger partial charge in [-0.05, 0) is 44.4 Å². The van der Waals surface area contributed by atoms with Gasteiger partial charge in [-0.2, -0.15) is 0 Å². The highest BCUT2D eigenvalue weighted by Crippen LogP contribution is 2.14. The van der Waals surface area contributed by atoms with Crippen molar-refractivity contribution in [2.24, 2.45) is 0 Å². The van der Waals surface area contributed by atoms with E-state index in [4.69, 9.17) is 0 Å². The summed E-state index contributed by atoms with van der Waals surface area (Å²) in [7, 11) is 0. The Morgan fingerprint density at radius 2 is 2.32 bits per heavy atom. The molecule has 1 fully saturated rings. The highest BCUT2D eigenvalue weighted by atomic mass is 35.5. The van der Waals surface area contributed by atoms with Crippen molar-refractivity contribution < 1.29 is 4.79 Å². The van der Waals surface area contributed by atoms with Gasteiger partial charge in [-0.25, -0.2) is 0 Å². The molecule has 0 aliphatic carbocycles. The zero-order valence-electron chi connectivity index (χ0n) is 11.0. The van der Waals surface area contributed by atoms with Crippen molar-refractivity contribution in [1.29, 1.82) is 0 Å². The summed E-state index contributed by atoms with van der Waals surface area (Å²) < 4.78 is 0. The number of hydrogen-bond acceptors (Lipinski definition) is 3. The van der Waals surface area contributed by atoms with Gasteiger partial charge in [0.15, 0.2) is 0 Å². The zero-order valence-corrected chi connectivity index (χ0v) is 12.6. The van der Waals surface area contributed by atoms with Gasteiger partial charge in [-0.3, -0.25) is 9.78 Å². The van der Waals surface area contributed by atoms with Gasteiger partial charge in [0.05, 0.1) is 0 Å². The first kappa shape index (κ1) is 18.2. The van der Waals surface area contributed by atoms with Crippen molar-refractivity contribution in [2.75, 3.05) is 11.9 Å². The summed E-state index contributed by atoms with van der Waals surface area (Å²) in [5, 5.41) is 6.32. The van der Waals surface area contributed by atoms with Crippen LogP contribution in [-0.4, -0.2) is 23.5 Å². The van der Waals surface area contributed by atoms with E-state index in [1.165, 1.54) is 12.8 Å². The van der Waals surface area contributed by atoms with Crippen LogP contribution in [0.25, 0.3) is 0 Å². The van der Waals surface area contributed by atoms with E-state index < -0.39 is 0 Å². The number of hydrogen-bond donors (Lipinski definition) is 2. The molecule has 1 atom stereocenters. The molecule has 1 aliphatic heterocycles. The molecule has 1 aromatic rings. The van der Waals surface area contributed by atoms with Crippen LogP contribution in [0.4, 0.5) is 5.69 Å². The van der Waals surface area contributed by atoms with Crippen LogP contribution < -0.4 is 10.6 Å². The number of amides is 1. The van der Waals surface area contributed by atoms with Crippen molar-refractivity contribution in [2.45, 2.75) is 38.6 Å². The van der Waals surface area contributed by atoms with E-state index in [-0.39, 0.29) is 30.7 Å². The maximum Gasteiger partial charge on any atom is 0.224 e. The summed E-state index contributed by atoms with van der Waals surface area (Å²) in [6, 6.07) is 2.36. The topological polar surface area (TPSA) is 54.0 Å². The summed E-state index contributed by atoms with van der Waals surface area (Å²) in [5.74, 6) is 0.0907. The molecule has 0 aromatic carbocycles. The molecule has 0 bridgehead atoms. The largest absolute Gasteiger partial charge is 0.326 e. The van der Waals surface area contributed by atoms with E-state index in [1.807, 2.05) is 13.0 Å². The molecule has 2 heterocycles. The monoisotopic (exact) mass is 305 g/mol. The molecule has 2 N–H and O–H groups in total. The zero-order chi connectivity index (χ0) is 12.1. The number of nitrogens with one attached hydrogen (secondary N) is 2. The van der Waals surface area contributed by atoms with Crippen molar-refractivity contribution in [3.8, 4) is 0 Å². The molecule has 4 nitrogen and oxygen atoms in total. The van der Waals surface area contributed by atoms with Crippen LogP contribution in [0.2, 0.25) is 0 Å². The second-order valence-corrected chi connectivity index (χ2v) is 4.57. The normalized spacial score (nSPS) is 17.2. The summed E-state index contributed by atoms with van der Waals surface area (Å²) in [4.78, 5) is 15.8. The molecule has 2 rings (SSSR count). The van der Waals surface area contributed by atoms with Crippen molar-refractivity contribution >= 4 is 36.4 Å². The highest BCUT2D eigenvalue weighted by molar-refractivity contribution is 5.91. The lowest BCUT2D eigenvalue weighted by molar-refractivity contribution is -0.116. The Bertz CT molecular complexity index is 395. The molecule has 0 radical (unpaired) electrons. The van der Waals surface area contributed by atoms with E-state index in [9.17, 15) is 4.79 Å². The Hall–Kier alpha value is -0.840. The number of aromatic nitrogens is 1. The van der Waals surface area contributed by atoms with Gasteiger partial charge in [0.2, 0.25) is 5.91 Å². The molecule has 1 aliphatic rings. The average molecular weight is 306 g/mol. The Morgan fingerprint density at radius 3 is 2.95 bits per heavy atom. The Balaban J connectivity index is 0.00000162. The third-order valence-corrected chi connectivity index (χ3v) is 3.18. The lowest BCUT2D eigenvalue weighted by Gasteiger charge is -2.11. The molecule has 6 heteroatoms. The first-order chi connectivity index (χ1) is 8.25.